The van der Waals surface area contributed by atoms with Crippen LogP contribution in [0.5, 0.6) is 0 Å². The van der Waals surface area contributed by atoms with Gasteiger partial charge in [0.25, 0.3) is 0 Å². The van der Waals surface area contributed by atoms with Gasteiger partial charge in [0, 0.05) is 18.0 Å². The number of nitrogens with one attached hydrogen (secondary N) is 2. The minimum atomic E-state index is -0.0481. The fraction of sp³-hybridized carbons (Fsp3) is 0.923. The Labute approximate surface area is 103 Å². The Bertz CT molecular complexity index is 258. The second-order valence-corrected chi connectivity index (χ2v) is 5.65. The van der Waals surface area contributed by atoms with Crippen LogP contribution >= 0.6 is 0 Å². The summed E-state index contributed by atoms with van der Waals surface area (Å²) < 4.78 is 0. The Kier molecular flexibility index (Phi) is 4.40. The van der Waals surface area contributed by atoms with E-state index in [0.29, 0.717) is 19.1 Å². The molecule has 2 rings (SSSR count). The van der Waals surface area contributed by atoms with Crippen LogP contribution in [0.4, 0.5) is 0 Å². The molecular formula is C13H24N2O2. The van der Waals surface area contributed by atoms with Gasteiger partial charge in [-0.1, -0.05) is 19.3 Å². The number of amides is 1. The van der Waals surface area contributed by atoms with Crippen molar-refractivity contribution in [3.05, 3.63) is 0 Å². The topological polar surface area (TPSA) is 61.4 Å². The smallest absolute Gasteiger partial charge is 0.233 e. The van der Waals surface area contributed by atoms with Crippen LogP contribution in [-0.4, -0.2) is 36.8 Å². The van der Waals surface area contributed by atoms with Crippen LogP contribution in [0.25, 0.3) is 0 Å². The molecule has 0 saturated heterocycles. The predicted molar refractivity (Wildman–Crippen MR) is 66.6 cm³/mol. The van der Waals surface area contributed by atoms with Crippen molar-refractivity contribution < 1.29 is 9.90 Å². The summed E-state index contributed by atoms with van der Waals surface area (Å²) in [6, 6.07) is 0.572. The number of hydrogen-bond acceptors (Lipinski definition) is 3. The van der Waals surface area contributed by atoms with Crippen LogP contribution in [0.1, 0.15) is 44.9 Å². The van der Waals surface area contributed by atoms with Crippen LogP contribution < -0.4 is 10.6 Å². The molecule has 0 aromatic heterocycles. The zero-order valence-corrected chi connectivity index (χ0v) is 10.5. The van der Waals surface area contributed by atoms with Crippen molar-refractivity contribution in [2.75, 3.05) is 19.7 Å². The molecule has 2 fully saturated rings. The summed E-state index contributed by atoms with van der Waals surface area (Å²) in [4.78, 5) is 11.6. The molecule has 1 amide bonds. The summed E-state index contributed by atoms with van der Waals surface area (Å²) in [5, 5.41) is 15.7. The average molecular weight is 240 g/mol. The van der Waals surface area contributed by atoms with E-state index < -0.39 is 0 Å². The maximum atomic E-state index is 11.6. The number of carbonyl (C=O) groups excluding carboxylic acids is 1. The Hall–Kier alpha value is -0.610. The summed E-state index contributed by atoms with van der Waals surface area (Å²) >= 11 is 0. The summed E-state index contributed by atoms with van der Waals surface area (Å²) in [7, 11) is 0. The molecule has 2 aliphatic carbocycles. The third kappa shape index (κ3) is 3.96. The standard InChI is InChI=1S/C13H24N2O2/c16-10-13(6-2-1-3-7-13)9-15-12(17)8-14-11-4-5-11/h11,14,16H,1-10H2,(H,15,17). The zero-order chi connectivity index (χ0) is 12.1. The molecule has 4 heteroatoms. The van der Waals surface area contributed by atoms with Gasteiger partial charge in [-0.3, -0.25) is 4.79 Å². The molecule has 4 nitrogen and oxygen atoms in total. The second kappa shape index (κ2) is 5.83. The second-order valence-electron chi connectivity index (χ2n) is 5.65. The number of rotatable bonds is 6. The fourth-order valence-corrected chi connectivity index (χ4v) is 2.57. The van der Waals surface area contributed by atoms with Gasteiger partial charge >= 0.3 is 0 Å². The summed E-state index contributed by atoms with van der Waals surface area (Å²) in [5.41, 5.74) is -0.0481. The molecule has 0 radical (unpaired) electrons. The van der Waals surface area contributed by atoms with Gasteiger partial charge in [0.05, 0.1) is 13.2 Å². The lowest BCUT2D eigenvalue weighted by atomic mass is 9.74. The van der Waals surface area contributed by atoms with E-state index in [2.05, 4.69) is 10.6 Å². The first-order valence-corrected chi connectivity index (χ1v) is 6.85. The van der Waals surface area contributed by atoms with E-state index in [9.17, 15) is 9.90 Å². The Morgan fingerprint density at radius 2 is 1.94 bits per heavy atom. The van der Waals surface area contributed by atoms with E-state index in [-0.39, 0.29) is 17.9 Å². The Morgan fingerprint density at radius 1 is 1.24 bits per heavy atom. The van der Waals surface area contributed by atoms with Gasteiger partial charge in [0.15, 0.2) is 0 Å². The van der Waals surface area contributed by atoms with E-state index in [4.69, 9.17) is 0 Å². The van der Waals surface area contributed by atoms with Crippen LogP contribution in [-0.2, 0) is 4.79 Å². The first-order chi connectivity index (χ1) is 8.24. The number of carbonyl (C=O) groups is 1. The molecule has 0 unspecified atom stereocenters. The van der Waals surface area contributed by atoms with E-state index in [1.54, 1.807) is 0 Å². The normalized spacial score (nSPS) is 23.4. The first kappa shape index (κ1) is 12.8. The van der Waals surface area contributed by atoms with Crippen LogP contribution in [0, 0.1) is 5.41 Å². The van der Waals surface area contributed by atoms with Gasteiger partial charge in [0.2, 0.25) is 5.91 Å². The molecule has 2 saturated carbocycles. The maximum absolute atomic E-state index is 11.6. The Balaban J connectivity index is 1.68. The predicted octanol–water partition coefficient (Wildman–Crippen LogP) is 0.797. The van der Waals surface area contributed by atoms with Crippen molar-refractivity contribution in [2.24, 2.45) is 5.41 Å². The highest BCUT2D eigenvalue weighted by molar-refractivity contribution is 5.78. The summed E-state index contributed by atoms with van der Waals surface area (Å²) in [5.74, 6) is 0.0651. The quantitative estimate of drug-likeness (QED) is 0.643. The molecule has 0 aromatic rings. The van der Waals surface area contributed by atoms with E-state index in [1.807, 2.05) is 0 Å². The minimum absolute atomic E-state index is 0.0481. The van der Waals surface area contributed by atoms with Crippen molar-refractivity contribution in [3.63, 3.8) is 0 Å². The average Bonchev–Trinajstić information content (AvgIpc) is 3.19. The highest BCUT2D eigenvalue weighted by Gasteiger charge is 2.31. The van der Waals surface area contributed by atoms with Gasteiger partial charge in [-0.25, -0.2) is 0 Å². The molecule has 0 bridgehead atoms. The van der Waals surface area contributed by atoms with E-state index in [1.165, 1.54) is 32.1 Å². The molecule has 0 aromatic carbocycles. The van der Waals surface area contributed by atoms with Crippen molar-refractivity contribution in [2.45, 2.75) is 51.0 Å². The van der Waals surface area contributed by atoms with E-state index in [0.717, 1.165) is 12.8 Å². The van der Waals surface area contributed by atoms with Gasteiger partial charge < -0.3 is 15.7 Å². The lowest BCUT2D eigenvalue weighted by Crippen LogP contribution is -2.44. The van der Waals surface area contributed by atoms with Crippen molar-refractivity contribution in [1.29, 1.82) is 0 Å². The molecule has 2 aliphatic rings. The first-order valence-electron chi connectivity index (χ1n) is 6.85. The maximum Gasteiger partial charge on any atom is 0.233 e. The molecule has 0 aliphatic heterocycles. The lowest BCUT2D eigenvalue weighted by Gasteiger charge is -2.35. The SMILES string of the molecule is O=C(CNC1CC1)NCC1(CO)CCCCC1. The summed E-state index contributed by atoms with van der Waals surface area (Å²) in [6.07, 6.45) is 8.10. The van der Waals surface area contributed by atoms with Crippen molar-refractivity contribution >= 4 is 5.91 Å². The molecule has 0 heterocycles. The summed E-state index contributed by atoms with van der Waals surface area (Å²) in [6.45, 7) is 1.25. The monoisotopic (exact) mass is 240 g/mol. The molecular weight excluding hydrogens is 216 g/mol. The van der Waals surface area contributed by atoms with Gasteiger partial charge in [0.1, 0.15) is 0 Å². The van der Waals surface area contributed by atoms with Crippen molar-refractivity contribution in [3.8, 4) is 0 Å². The zero-order valence-electron chi connectivity index (χ0n) is 10.5. The molecule has 3 N–H and O–H groups in total. The van der Waals surface area contributed by atoms with Gasteiger partial charge in [-0.2, -0.15) is 0 Å². The molecule has 17 heavy (non-hydrogen) atoms. The molecule has 0 atom stereocenters. The van der Waals surface area contributed by atoms with Crippen molar-refractivity contribution in [1.82, 2.24) is 10.6 Å². The van der Waals surface area contributed by atoms with Gasteiger partial charge in [-0.05, 0) is 25.7 Å². The largest absolute Gasteiger partial charge is 0.396 e. The minimum Gasteiger partial charge on any atom is -0.396 e. The number of aliphatic hydroxyl groups is 1. The third-order valence-corrected chi connectivity index (χ3v) is 4.04. The van der Waals surface area contributed by atoms with Crippen LogP contribution in [0.15, 0.2) is 0 Å². The highest BCUT2D eigenvalue weighted by atomic mass is 16.3. The van der Waals surface area contributed by atoms with Gasteiger partial charge in [-0.15, -0.1) is 0 Å². The van der Waals surface area contributed by atoms with Crippen LogP contribution in [0.3, 0.4) is 0 Å². The highest BCUT2D eigenvalue weighted by Crippen LogP contribution is 2.35. The lowest BCUT2D eigenvalue weighted by molar-refractivity contribution is -0.121. The third-order valence-electron chi connectivity index (χ3n) is 4.04. The molecule has 0 spiro atoms. The van der Waals surface area contributed by atoms with Crippen LogP contribution in [0.2, 0.25) is 0 Å². The van der Waals surface area contributed by atoms with E-state index >= 15 is 0 Å². The number of hydrogen-bond donors (Lipinski definition) is 3. The number of aliphatic hydroxyl groups excluding tert-OH is 1. The molecule has 98 valence electrons. The Morgan fingerprint density at radius 3 is 2.53 bits per heavy atom. The fourth-order valence-electron chi connectivity index (χ4n) is 2.57.